The molecule has 7 N–H and O–H groups in total. The van der Waals surface area contributed by atoms with E-state index in [9.17, 15) is 33.1 Å². The Morgan fingerprint density at radius 3 is 2.05 bits per heavy atom. The lowest BCUT2D eigenvalue weighted by Gasteiger charge is -2.15. The average Bonchev–Trinajstić information content (AvgIpc) is 2.87. The highest BCUT2D eigenvalue weighted by Gasteiger charge is 2.20. The highest BCUT2D eigenvalue weighted by molar-refractivity contribution is 6.00. The number of aryl methyl sites for hydroxylation is 1. The van der Waals surface area contributed by atoms with E-state index in [1.165, 1.54) is 0 Å². The lowest BCUT2D eigenvalue weighted by atomic mass is 9.99. The standard InChI is InChI=1S/C24H24F2N4O3.C4H4O4/c1-12(2)29-23(32)20-9-15(11-28-22(20)27)19-5-4-18(6-13(19)3)30-24(33)21(31)14-7-16(25)10-17(26)8-14;5-3(6)1-2-4(7)8/h4-12,21,31H,1-3H3,(H2,27,28)(H,29,32)(H,30,33);1-2H,(H,5,6)(H,7,8)/b;2-1+/t21-;/m1./s1. The number of rotatable bonds is 8. The van der Waals surface area contributed by atoms with Gasteiger partial charge in [-0.3, -0.25) is 9.59 Å². The molecule has 0 saturated carbocycles. The number of halogens is 2. The number of nitrogens with two attached hydrogens (primary N) is 1. The van der Waals surface area contributed by atoms with E-state index in [4.69, 9.17) is 15.9 Å². The number of hydrogen-bond acceptors (Lipinski definition) is 7. The molecular weight excluding hydrogens is 542 g/mol. The van der Waals surface area contributed by atoms with E-state index >= 15 is 0 Å². The molecule has 3 rings (SSSR count). The van der Waals surface area contributed by atoms with Crippen molar-refractivity contribution in [2.75, 3.05) is 11.1 Å². The Morgan fingerprint density at radius 1 is 0.951 bits per heavy atom. The van der Waals surface area contributed by atoms with Gasteiger partial charge < -0.3 is 31.7 Å². The van der Waals surface area contributed by atoms with Crippen molar-refractivity contribution in [3.05, 3.63) is 89.1 Å². The Bertz CT molecular complexity index is 1460. The van der Waals surface area contributed by atoms with Crippen molar-refractivity contribution in [1.29, 1.82) is 0 Å². The molecule has 11 nitrogen and oxygen atoms in total. The van der Waals surface area contributed by atoms with Gasteiger partial charge in [-0.05, 0) is 67.8 Å². The molecule has 0 radical (unpaired) electrons. The van der Waals surface area contributed by atoms with Crippen molar-refractivity contribution in [2.45, 2.75) is 32.9 Å². The number of amides is 2. The van der Waals surface area contributed by atoms with Gasteiger partial charge in [0, 0.05) is 41.7 Å². The number of nitrogens with one attached hydrogen (secondary N) is 2. The Labute approximate surface area is 233 Å². The molecule has 0 aliphatic rings. The number of nitrogens with zero attached hydrogens (tertiary/aromatic N) is 1. The van der Waals surface area contributed by atoms with Gasteiger partial charge in [-0.1, -0.05) is 6.07 Å². The molecule has 1 heterocycles. The van der Waals surface area contributed by atoms with E-state index in [2.05, 4.69) is 15.6 Å². The van der Waals surface area contributed by atoms with Crippen LogP contribution in [0.1, 0.15) is 41.4 Å². The number of hydrogen-bond donors (Lipinski definition) is 6. The maximum absolute atomic E-state index is 13.4. The minimum absolute atomic E-state index is 0.0654. The maximum atomic E-state index is 13.4. The molecule has 13 heteroatoms. The lowest BCUT2D eigenvalue weighted by molar-refractivity contribution is -0.134. The molecule has 3 aromatic rings. The van der Waals surface area contributed by atoms with Gasteiger partial charge in [-0.2, -0.15) is 0 Å². The van der Waals surface area contributed by atoms with Crippen molar-refractivity contribution < 1.29 is 43.3 Å². The van der Waals surface area contributed by atoms with E-state index in [-0.39, 0.29) is 28.9 Å². The minimum atomic E-state index is -1.75. The Morgan fingerprint density at radius 2 is 1.54 bits per heavy atom. The molecule has 216 valence electrons. The number of pyridine rings is 1. The Kier molecular flexibility index (Phi) is 11.2. The summed E-state index contributed by atoms with van der Waals surface area (Å²) in [6.07, 6.45) is 0.910. The van der Waals surface area contributed by atoms with Crippen molar-refractivity contribution in [3.63, 3.8) is 0 Å². The summed E-state index contributed by atoms with van der Waals surface area (Å²) in [6, 6.07) is 8.99. The second-order valence-electron chi connectivity index (χ2n) is 8.92. The van der Waals surface area contributed by atoms with Crippen LogP contribution in [0.5, 0.6) is 0 Å². The van der Waals surface area contributed by atoms with Crippen LogP contribution in [-0.4, -0.2) is 50.1 Å². The highest BCUT2D eigenvalue weighted by atomic mass is 19.1. The average molecular weight is 571 g/mol. The quantitative estimate of drug-likeness (QED) is 0.220. The van der Waals surface area contributed by atoms with Crippen molar-refractivity contribution in [3.8, 4) is 11.1 Å². The molecule has 0 spiro atoms. The molecule has 0 aliphatic heterocycles. The van der Waals surface area contributed by atoms with Crippen LogP contribution in [0.25, 0.3) is 11.1 Å². The zero-order chi connectivity index (χ0) is 30.9. The second kappa shape index (κ2) is 14.3. The molecule has 0 unspecified atom stereocenters. The molecular formula is C28H28F2N4O7. The fourth-order valence-electron chi connectivity index (χ4n) is 3.45. The van der Waals surface area contributed by atoms with Gasteiger partial charge in [0.25, 0.3) is 11.8 Å². The van der Waals surface area contributed by atoms with Gasteiger partial charge in [-0.15, -0.1) is 0 Å². The van der Waals surface area contributed by atoms with Crippen LogP contribution < -0.4 is 16.4 Å². The third-order valence-corrected chi connectivity index (χ3v) is 5.21. The van der Waals surface area contributed by atoms with Crippen LogP contribution in [0, 0.1) is 18.6 Å². The van der Waals surface area contributed by atoms with Crippen LogP contribution in [0.2, 0.25) is 0 Å². The first-order valence-electron chi connectivity index (χ1n) is 11.9. The fraction of sp³-hybridized carbons (Fsp3) is 0.179. The van der Waals surface area contributed by atoms with Crippen LogP contribution in [0.3, 0.4) is 0 Å². The Balaban J connectivity index is 0.000000642. The van der Waals surface area contributed by atoms with E-state index in [1.807, 2.05) is 13.8 Å². The van der Waals surface area contributed by atoms with E-state index in [0.29, 0.717) is 29.5 Å². The third kappa shape index (κ3) is 9.82. The first kappa shape index (κ1) is 32.0. The summed E-state index contributed by atoms with van der Waals surface area (Å²) >= 11 is 0. The normalized spacial score (nSPS) is 11.4. The summed E-state index contributed by atoms with van der Waals surface area (Å²) in [5.41, 5.74) is 8.46. The highest BCUT2D eigenvalue weighted by Crippen LogP contribution is 2.28. The molecule has 0 aliphatic carbocycles. The number of carboxylic acid groups (broad SMARTS) is 2. The summed E-state index contributed by atoms with van der Waals surface area (Å²) < 4.78 is 26.8. The zero-order valence-corrected chi connectivity index (χ0v) is 22.2. The summed E-state index contributed by atoms with van der Waals surface area (Å²) in [5.74, 6) is -5.36. The predicted octanol–water partition coefficient (Wildman–Crippen LogP) is 3.44. The van der Waals surface area contributed by atoms with Crippen LogP contribution in [0.15, 0.2) is 60.8 Å². The molecule has 0 fully saturated rings. The number of benzene rings is 2. The number of carbonyl (C=O) groups is 4. The van der Waals surface area contributed by atoms with Crippen molar-refractivity contribution in [2.24, 2.45) is 0 Å². The van der Waals surface area contributed by atoms with Crippen LogP contribution in [0.4, 0.5) is 20.3 Å². The molecule has 1 atom stereocenters. The van der Waals surface area contributed by atoms with Gasteiger partial charge in [0.1, 0.15) is 17.5 Å². The van der Waals surface area contributed by atoms with Gasteiger partial charge in [-0.25, -0.2) is 23.4 Å². The Hall–Kier alpha value is -5.17. The molecule has 0 bridgehead atoms. The second-order valence-corrected chi connectivity index (χ2v) is 8.92. The van der Waals surface area contributed by atoms with Crippen molar-refractivity contribution >= 4 is 35.3 Å². The molecule has 0 saturated heterocycles. The van der Waals surface area contributed by atoms with Crippen LogP contribution >= 0.6 is 0 Å². The monoisotopic (exact) mass is 570 g/mol. The first-order chi connectivity index (χ1) is 19.2. The number of aromatic nitrogens is 1. The van der Waals surface area contributed by atoms with Crippen LogP contribution in [-0.2, 0) is 14.4 Å². The topological polar surface area (TPSA) is 192 Å². The van der Waals surface area contributed by atoms with E-state index in [0.717, 1.165) is 23.3 Å². The summed E-state index contributed by atoms with van der Waals surface area (Å²) in [6.45, 7) is 5.47. The summed E-state index contributed by atoms with van der Waals surface area (Å²) in [7, 11) is 0. The number of aliphatic carboxylic acids is 2. The summed E-state index contributed by atoms with van der Waals surface area (Å²) in [4.78, 5) is 48.0. The zero-order valence-electron chi connectivity index (χ0n) is 22.2. The number of nitrogen functional groups attached to an aromatic ring is 1. The number of carboxylic acids is 2. The lowest BCUT2D eigenvalue weighted by Crippen LogP contribution is -2.30. The van der Waals surface area contributed by atoms with Gasteiger partial charge in [0.05, 0.1) is 5.56 Å². The number of aliphatic hydroxyl groups excluding tert-OH is 1. The molecule has 41 heavy (non-hydrogen) atoms. The largest absolute Gasteiger partial charge is 0.478 e. The van der Waals surface area contributed by atoms with E-state index < -0.39 is 35.6 Å². The van der Waals surface area contributed by atoms with E-state index in [1.54, 1.807) is 37.4 Å². The number of aliphatic hydroxyl groups is 1. The number of anilines is 2. The van der Waals surface area contributed by atoms with Crippen molar-refractivity contribution in [1.82, 2.24) is 10.3 Å². The predicted molar refractivity (Wildman–Crippen MR) is 146 cm³/mol. The molecule has 1 aromatic heterocycles. The smallest absolute Gasteiger partial charge is 0.328 e. The molecule has 2 aromatic carbocycles. The number of carbonyl (C=O) groups excluding carboxylic acids is 2. The molecule has 2 amide bonds. The van der Waals surface area contributed by atoms with Gasteiger partial charge in [0.15, 0.2) is 6.10 Å². The third-order valence-electron chi connectivity index (χ3n) is 5.21. The minimum Gasteiger partial charge on any atom is -0.478 e. The maximum Gasteiger partial charge on any atom is 0.328 e. The first-order valence-corrected chi connectivity index (χ1v) is 11.9. The van der Waals surface area contributed by atoms with Gasteiger partial charge in [0.2, 0.25) is 0 Å². The van der Waals surface area contributed by atoms with Gasteiger partial charge >= 0.3 is 11.9 Å². The summed E-state index contributed by atoms with van der Waals surface area (Å²) in [5, 5.41) is 31.1. The fourth-order valence-corrected chi connectivity index (χ4v) is 3.45. The SMILES string of the molecule is Cc1cc(NC(=O)[C@H](O)c2cc(F)cc(F)c2)ccc1-c1cnc(N)c(C(=O)NC(C)C)c1.O=C(O)/C=C/C(=O)O.